The number of piperidine rings is 1. The number of rotatable bonds is 4. The maximum Gasteiger partial charge on any atom is 0.252 e. The highest BCUT2D eigenvalue weighted by molar-refractivity contribution is 9.10. The predicted molar refractivity (Wildman–Crippen MR) is 83.2 cm³/mol. The Morgan fingerprint density at radius 3 is 3.00 bits per heavy atom. The maximum atomic E-state index is 12.3. The van der Waals surface area contributed by atoms with Gasteiger partial charge in [0, 0.05) is 17.6 Å². The van der Waals surface area contributed by atoms with Gasteiger partial charge in [0.15, 0.2) is 0 Å². The number of nitrogens with one attached hydrogen (secondary N) is 2. The summed E-state index contributed by atoms with van der Waals surface area (Å²) in [6.07, 6.45) is 2.30. The van der Waals surface area contributed by atoms with Crippen LogP contribution in [0.4, 0.5) is 0 Å². The lowest BCUT2D eigenvalue weighted by Gasteiger charge is -2.34. The van der Waals surface area contributed by atoms with Crippen LogP contribution in [0.15, 0.2) is 22.7 Å². The number of amides is 1. The summed E-state index contributed by atoms with van der Waals surface area (Å²) < 4.78 is 5.94. The van der Waals surface area contributed by atoms with Crippen molar-refractivity contribution in [2.45, 2.75) is 19.8 Å². The Bertz CT molecular complexity index is 485. The van der Waals surface area contributed by atoms with E-state index in [1.165, 1.54) is 0 Å². The van der Waals surface area contributed by atoms with Gasteiger partial charge in [0.1, 0.15) is 5.75 Å². The summed E-state index contributed by atoms with van der Waals surface area (Å²) in [6, 6.07) is 5.41. The molecule has 2 N–H and O–H groups in total. The molecule has 110 valence electrons. The number of halogens is 1. The zero-order chi connectivity index (χ0) is 14.6. The molecule has 20 heavy (non-hydrogen) atoms. The van der Waals surface area contributed by atoms with Crippen molar-refractivity contribution in [3.8, 4) is 5.75 Å². The van der Waals surface area contributed by atoms with Crippen molar-refractivity contribution in [2.24, 2.45) is 5.41 Å². The molecule has 1 aliphatic rings. The Hall–Kier alpha value is -1.07. The molecule has 1 aromatic carbocycles. The molecule has 4 nitrogen and oxygen atoms in total. The third-order valence-corrected chi connectivity index (χ3v) is 4.47. The highest BCUT2D eigenvalue weighted by atomic mass is 79.9. The van der Waals surface area contributed by atoms with E-state index in [0.717, 1.165) is 30.4 Å². The van der Waals surface area contributed by atoms with Gasteiger partial charge in [-0.05, 0) is 58.9 Å². The first-order valence-electron chi connectivity index (χ1n) is 6.86. The fourth-order valence-corrected chi connectivity index (χ4v) is 2.89. The normalized spacial score (nSPS) is 22.4. The summed E-state index contributed by atoms with van der Waals surface area (Å²) in [5.74, 6) is 0.617. The molecule has 1 unspecified atom stereocenters. The Morgan fingerprint density at radius 2 is 2.35 bits per heavy atom. The summed E-state index contributed by atoms with van der Waals surface area (Å²) in [5, 5.41) is 6.42. The molecule has 1 saturated heterocycles. The number of benzene rings is 1. The van der Waals surface area contributed by atoms with Gasteiger partial charge in [0.05, 0.1) is 12.7 Å². The van der Waals surface area contributed by atoms with Crippen molar-refractivity contribution in [3.05, 3.63) is 28.2 Å². The molecule has 0 saturated carbocycles. The molecular formula is C15H21BrN2O2. The Morgan fingerprint density at radius 1 is 1.55 bits per heavy atom. The van der Waals surface area contributed by atoms with E-state index in [9.17, 15) is 4.79 Å². The van der Waals surface area contributed by atoms with E-state index >= 15 is 0 Å². The van der Waals surface area contributed by atoms with Gasteiger partial charge >= 0.3 is 0 Å². The van der Waals surface area contributed by atoms with Crippen LogP contribution >= 0.6 is 15.9 Å². The Labute approximate surface area is 128 Å². The maximum absolute atomic E-state index is 12.3. The number of hydrogen-bond donors (Lipinski definition) is 2. The first kappa shape index (κ1) is 15.3. The molecule has 5 heteroatoms. The molecule has 0 radical (unpaired) electrons. The van der Waals surface area contributed by atoms with Gasteiger partial charge in [-0.15, -0.1) is 0 Å². The van der Waals surface area contributed by atoms with Crippen molar-refractivity contribution < 1.29 is 9.53 Å². The van der Waals surface area contributed by atoms with Crippen LogP contribution in [0.3, 0.4) is 0 Å². The van der Waals surface area contributed by atoms with E-state index in [4.69, 9.17) is 4.74 Å². The Balaban J connectivity index is 2.01. The number of hydrogen-bond acceptors (Lipinski definition) is 3. The van der Waals surface area contributed by atoms with Crippen LogP contribution in [0, 0.1) is 5.41 Å². The fraction of sp³-hybridized carbons (Fsp3) is 0.533. The van der Waals surface area contributed by atoms with Crippen LogP contribution in [0.2, 0.25) is 0 Å². The second-order valence-electron chi connectivity index (χ2n) is 5.62. The number of methoxy groups -OCH3 is 1. The van der Waals surface area contributed by atoms with Crippen molar-refractivity contribution in [3.63, 3.8) is 0 Å². The van der Waals surface area contributed by atoms with Crippen LogP contribution in [-0.4, -0.2) is 32.7 Å². The minimum absolute atomic E-state index is 0.0671. The minimum Gasteiger partial charge on any atom is -0.497 e. The standard InChI is InChI=1S/C15H21BrN2O2/c1-15(6-3-7-17-9-15)10-18-14(19)12-8-11(20-2)4-5-13(12)16/h4-5,8,17H,3,6-7,9-10H2,1-2H3,(H,18,19). The first-order chi connectivity index (χ1) is 9.54. The lowest BCUT2D eigenvalue weighted by atomic mass is 9.83. The monoisotopic (exact) mass is 340 g/mol. The third kappa shape index (κ3) is 3.73. The molecule has 1 aromatic rings. The van der Waals surface area contributed by atoms with Gasteiger partial charge in [-0.2, -0.15) is 0 Å². The first-order valence-corrected chi connectivity index (χ1v) is 7.66. The van der Waals surface area contributed by atoms with Crippen molar-refractivity contribution >= 4 is 21.8 Å². The molecule has 0 spiro atoms. The average molecular weight is 341 g/mol. The molecule has 0 aromatic heterocycles. The molecule has 1 atom stereocenters. The molecular weight excluding hydrogens is 320 g/mol. The molecule has 1 aliphatic heterocycles. The second kappa shape index (κ2) is 6.59. The van der Waals surface area contributed by atoms with E-state index in [1.807, 2.05) is 12.1 Å². The summed E-state index contributed by atoms with van der Waals surface area (Å²) in [6.45, 7) is 4.92. The summed E-state index contributed by atoms with van der Waals surface area (Å²) >= 11 is 3.41. The van der Waals surface area contributed by atoms with Gasteiger partial charge < -0.3 is 15.4 Å². The Kier molecular flexibility index (Phi) is 5.05. The SMILES string of the molecule is COc1ccc(Br)c(C(=O)NCC2(C)CCCNC2)c1. The van der Waals surface area contributed by atoms with E-state index in [1.54, 1.807) is 13.2 Å². The van der Waals surface area contributed by atoms with Crippen LogP contribution in [0.25, 0.3) is 0 Å². The third-order valence-electron chi connectivity index (χ3n) is 3.78. The van der Waals surface area contributed by atoms with Gasteiger partial charge in [-0.3, -0.25) is 4.79 Å². The topological polar surface area (TPSA) is 50.4 Å². The average Bonchev–Trinajstić information content (AvgIpc) is 2.46. The highest BCUT2D eigenvalue weighted by Crippen LogP contribution is 2.25. The lowest BCUT2D eigenvalue weighted by molar-refractivity contribution is 0.0923. The van der Waals surface area contributed by atoms with Gasteiger partial charge in [-0.25, -0.2) is 0 Å². The summed E-state index contributed by atoms with van der Waals surface area (Å²) in [5.41, 5.74) is 0.746. The predicted octanol–water partition coefficient (Wildman–Crippen LogP) is 2.58. The second-order valence-corrected chi connectivity index (χ2v) is 6.47. The van der Waals surface area contributed by atoms with E-state index < -0.39 is 0 Å². The van der Waals surface area contributed by atoms with Crippen molar-refractivity contribution in [1.29, 1.82) is 0 Å². The largest absolute Gasteiger partial charge is 0.497 e. The van der Waals surface area contributed by atoms with Gasteiger partial charge in [0.2, 0.25) is 0 Å². The lowest BCUT2D eigenvalue weighted by Crippen LogP contribution is -2.45. The van der Waals surface area contributed by atoms with Crippen LogP contribution in [-0.2, 0) is 0 Å². The number of carbonyl (C=O) groups is 1. The van der Waals surface area contributed by atoms with Crippen LogP contribution < -0.4 is 15.4 Å². The van der Waals surface area contributed by atoms with Crippen LogP contribution in [0.1, 0.15) is 30.1 Å². The molecule has 0 bridgehead atoms. The van der Waals surface area contributed by atoms with Crippen molar-refractivity contribution in [2.75, 3.05) is 26.7 Å². The molecule has 1 fully saturated rings. The highest BCUT2D eigenvalue weighted by Gasteiger charge is 2.27. The summed E-state index contributed by atoms with van der Waals surface area (Å²) in [7, 11) is 1.60. The van der Waals surface area contributed by atoms with E-state index in [-0.39, 0.29) is 11.3 Å². The number of carbonyl (C=O) groups excluding carboxylic acids is 1. The van der Waals surface area contributed by atoms with E-state index in [2.05, 4.69) is 33.5 Å². The zero-order valence-electron chi connectivity index (χ0n) is 12.0. The smallest absolute Gasteiger partial charge is 0.252 e. The van der Waals surface area contributed by atoms with Gasteiger partial charge in [0.25, 0.3) is 5.91 Å². The van der Waals surface area contributed by atoms with Gasteiger partial charge in [-0.1, -0.05) is 6.92 Å². The molecule has 0 aliphatic carbocycles. The summed E-state index contributed by atoms with van der Waals surface area (Å²) in [4.78, 5) is 12.3. The fourth-order valence-electron chi connectivity index (χ4n) is 2.46. The molecule has 2 rings (SSSR count). The quantitative estimate of drug-likeness (QED) is 0.885. The zero-order valence-corrected chi connectivity index (χ0v) is 13.5. The van der Waals surface area contributed by atoms with Crippen LogP contribution in [0.5, 0.6) is 5.75 Å². The minimum atomic E-state index is -0.0671. The number of ether oxygens (including phenoxy) is 1. The van der Waals surface area contributed by atoms with E-state index in [0.29, 0.717) is 17.9 Å². The molecule has 1 amide bonds. The van der Waals surface area contributed by atoms with Crippen molar-refractivity contribution in [1.82, 2.24) is 10.6 Å². The molecule has 1 heterocycles.